The fraction of sp³-hybridized carbons (Fsp3) is 0.400. The van der Waals surface area contributed by atoms with Crippen LogP contribution in [0.2, 0.25) is 0 Å². The van der Waals surface area contributed by atoms with Gasteiger partial charge in [-0.3, -0.25) is 9.59 Å². The molecule has 1 unspecified atom stereocenters. The van der Waals surface area contributed by atoms with E-state index in [0.29, 0.717) is 11.6 Å². The minimum atomic E-state index is -0.875. The van der Waals surface area contributed by atoms with E-state index in [0.717, 1.165) is 16.9 Å². The molecule has 0 bridgehead atoms. The Morgan fingerprint density at radius 3 is 2.61 bits per heavy atom. The van der Waals surface area contributed by atoms with Crippen molar-refractivity contribution >= 4 is 34.3 Å². The molecule has 0 radical (unpaired) electrons. The molecule has 148 valence electrons. The van der Waals surface area contributed by atoms with Crippen molar-refractivity contribution in [3.63, 3.8) is 0 Å². The third-order valence-corrected chi connectivity index (χ3v) is 5.72. The summed E-state index contributed by atoms with van der Waals surface area (Å²) in [6, 6.07) is 9.90. The number of anilines is 1. The number of nitrogens with zero attached hydrogens (tertiary/aromatic N) is 1. The minimum Gasteiger partial charge on any atom is -0.464 e. The lowest BCUT2D eigenvalue weighted by Gasteiger charge is -2.23. The second-order valence-electron chi connectivity index (χ2n) is 7.09. The van der Waals surface area contributed by atoms with E-state index in [4.69, 9.17) is 9.47 Å². The summed E-state index contributed by atoms with van der Waals surface area (Å²) in [5.74, 6) is -1.91. The maximum absolute atomic E-state index is 12.6. The Hall–Kier alpha value is -2.74. The van der Waals surface area contributed by atoms with Crippen LogP contribution in [0.15, 0.2) is 30.3 Å². The number of nitrogens with one attached hydrogen (secondary N) is 1. The van der Waals surface area contributed by atoms with Crippen molar-refractivity contribution in [2.24, 2.45) is 5.92 Å². The number of ether oxygens (including phenoxy) is 2. The molecule has 1 N–H and O–H groups in total. The molecule has 1 aliphatic rings. The largest absolute Gasteiger partial charge is 0.464 e. The first kappa shape index (κ1) is 20.0. The average molecular weight is 402 g/mol. The zero-order valence-electron chi connectivity index (χ0n) is 16.0. The number of thiazole rings is 1. The summed E-state index contributed by atoms with van der Waals surface area (Å²) in [7, 11) is 1.30. The van der Waals surface area contributed by atoms with Gasteiger partial charge in [-0.25, -0.2) is 9.78 Å². The Morgan fingerprint density at radius 1 is 1.29 bits per heavy atom. The molecular weight excluding hydrogens is 380 g/mol. The Labute approximate surface area is 167 Å². The van der Waals surface area contributed by atoms with Gasteiger partial charge in [-0.05, 0) is 32.3 Å². The van der Waals surface area contributed by atoms with Gasteiger partial charge in [0.2, 0.25) is 5.91 Å². The maximum Gasteiger partial charge on any atom is 0.357 e. The summed E-state index contributed by atoms with van der Waals surface area (Å²) in [5, 5.41) is 3.04. The van der Waals surface area contributed by atoms with E-state index < -0.39 is 23.5 Å². The van der Waals surface area contributed by atoms with E-state index in [9.17, 15) is 14.4 Å². The number of carbonyl (C=O) groups excluding carboxylic acids is 3. The van der Waals surface area contributed by atoms with Gasteiger partial charge < -0.3 is 14.8 Å². The molecule has 1 saturated heterocycles. The third kappa shape index (κ3) is 4.39. The fourth-order valence-corrected chi connectivity index (χ4v) is 4.10. The number of cyclic esters (lactones) is 1. The predicted molar refractivity (Wildman–Crippen MR) is 104 cm³/mol. The molecule has 0 aliphatic carbocycles. The van der Waals surface area contributed by atoms with Gasteiger partial charge in [-0.2, -0.15) is 0 Å². The lowest BCUT2D eigenvalue weighted by molar-refractivity contribution is -0.147. The highest BCUT2D eigenvalue weighted by atomic mass is 32.1. The van der Waals surface area contributed by atoms with Crippen LogP contribution in [-0.4, -0.2) is 35.5 Å². The molecule has 3 rings (SSSR count). The molecule has 28 heavy (non-hydrogen) atoms. The molecule has 2 heterocycles. The molecule has 1 aromatic carbocycles. The van der Waals surface area contributed by atoms with Crippen LogP contribution < -0.4 is 5.32 Å². The summed E-state index contributed by atoms with van der Waals surface area (Å²) in [4.78, 5) is 41.3. The molecule has 1 aliphatic heterocycles. The van der Waals surface area contributed by atoms with Crippen molar-refractivity contribution in [2.75, 3.05) is 12.4 Å². The van der Waals surface area contributed by atoms with Gasteiger partial charge in [0.15, 0.2) is 10.8 Å². The molecule has 7 nitrogen and oxygen atoms in total. The Bertz CT molecular complexity index is 891. The van der Waals surface area contributed by atoms with Crippen molar-refractivity contribution in [1.29, 1.82) is 0 Å². The lowest BCUT2D eigenvalue weighted by Crippen LogP contribution is -2.36. The van der Waals surface area contributed by atoms with Crippen molar-refractivity contribution in [3.05, 3.63) is 46.5 Å². The van der Waals surface area contributed by atoms with Gasteiger partial charge in [-0.1, -0.05) is 30.3 Å². The number of aryl methyl sites for hydroxylation is 2. The van der Waals surface area contributed by atoms with E-state index in [1.165, 1.54) is 18.4 Å². The van der Waals surface area contributed by atoms with E-state index in [-0.39, 0.29) is 18.0 Å². The van der Waals surface area contributed by atoms with Crippen LogP contribution in [0.25, 0.3) is 0 Å². The first-order chi connectivity index (χ1) is 13.3. The summed E-state index contributed by atoms with van der Waals surface area (Å²) < 4.78 is 10.0. The van der Waals surface area contributed by atoms with Gasteiger partial charge in [0, 0.05) is 4.88 Å². The van der Waals surface area contributed by atoms with Crippen molar-refractivity contribution in [2.45, 2.75) is 38.7 Å². The van der Waals surface area contributed by atoms with E-state index in [1.54, 1.807) is 13.8 Å². The Balaban J connectivity index is 1.76. The van der Waals surface area contributed by atoms with Crippen LogP contribution in [0.1, 0.15) is 41.2 Å². The lowest BCUT2D eigenvalue weighted by atomic mass is 9.90. The number of esters is 2. The highest BCUT2D eigenvalue weighted by molar-refractivity contribution is 7.16. The number of carbonyl (C=O) groups is 3. The van der Waals surface area contributed by atoms with Crippen LogP contribution in [0.5, 0.6) is 0 Å². The van der Waals surface area contributed by atoms with Gasteiger partial charge >= 0.3 is 11.9 Å². The van der Waals surface area contributed by atoms with Crippen LogP contribution in [-0.2, 0) is 31.9 Å². The monoisotopic (exact) mass is 402 g/mol. The van der Waals surface area contributed by atoms with E-state index in [1.807, 2.05) is 30.3 Å². The number of aromatic nitrogens is 1. The number of rotatable bonds is 6. The SMILES string of the molecule is COC(=O)c1nc(NC(=O)C2CC(=O)OC2(C)C)sc1CCc1ccccc1. The van der Waals surface area contributed by atoms with Gasteiger partial charge in [0.25, 0.3) is 0 Å². The zero-order valence-corrected chi connectivity index (χ0v) is 16.8. The quantitative estimate of drug-likeness (QED) is 0.747. The molecule has 8 heteroatoms. The zero-order chi connectivity index (χ0) is 20.3. The molecule has 2 aromatic rings. The summed E-state index contributed by atoms with van der Waals surface area (Å²) in [5.41, 5.74) is 0.470. The first-order valence-electron chi connectivity index (χ1n) is 8.95. The second-order valence-corrected chi connectivity index (χ2v) is 8.18. The summed E-state index contributed by atoms with van der Waals surface area (Å²) >= 11 is 1.24. The Kier molecular flexibility index (Phi) is 5.79. The van der Waals surface area contributed by atoms with Gasteiger partial charge in [-0.15, -0.1) is 11.3 Å². The smallest absolute Gasteiger partial charge is 0.357 e. The standard InChI is InChI=1S/C20H22N2O5S/c1-20(2)13(11-15(23)27-20)17(24)22-19-21-16(18(25)26-3)14(28-19)10-9-12-7-5-4-6-8-12/h4-8,13H,9-11H2,1-3H3,(H,21,22,24). The van der Waals surface area contributed by atoms with E-state index in [2.05, 4.69) is 10.3 Å². The summed E-state index contributed by atoms with van der Waals surface area (Å²) in [6.45, 7) is 3.41. The number of methoxy groups -OCH3 is 1. The van der Waals surface area contributed by atoms with Gasteiger partial charge in [0.1, 0.15) is 5.60 Å². The van der Waals surface area contributed by atoms with E-state index >= 15 is 0 Å². The number of amides is 1. The number of hydrogen-bond acceptors (Lipinski definition) is 7. The summed E-state index contributed by atoms with van der Waals surface area (Å²) in [6.07, 6.45) is 1.35. The average Bonchev–Trinajstić information content (AvgIpc) is 3.19. The number of benzene rings is 1. The van der Waals surface area contributed by atoms with Crippen LogP contribution in [0, 0.1) is 5.92 Å². The van der Waals surface area contributed by atoms with Crippen molar-refractivity contribution < 1.29 is 23.9 Å². The van der Waals surface area contributed by atoms with Crippen LogP contribution in [0.3, 0.4) is 0 Å². The molecular formula is C20H22N2O5S. The number of hydrogen-bond donors (Lipinski definition) is 1. The van der Waals surface area contributed by atoms with Crippen molar-refractivity contribution in [3.8, 4) is 0 Å². The predicted octanol–water partition coefficient (Wildman–Crippen LogP) is 3.00. The first-order valence-corrected chi connectivity index (χ1v) is 9.76. The molecule has 0 spiro atoms. The van der Waals surface area contributed by atoms with Crippen LogP contribution in [0.4, 0.5) is 5.13 Å². The highest BCUT2D eigenvalue weighted by Gasteiger charge is 2.46. The topological polar surface area (TPSA) is 94.6 Å². The molecule has 1 aromatic heterocycles. The third-order valence-electron chi connectivity index (χ3n) is 4.69. The maximum atomic E-state index is 12.6. The second kappa shape index (κ2) is 8.10. The highest BCUT2D eigenvalue weighted by Crippen LogP contribution is 2.34. The Morgan fingerprint density at radius 2 is 2.00 bits per heavy atom. The normalized spacial score (nSPS) is 17.8. The van der Waals surface area contributed by atoms with Gasteiger partial charge in [0.05, 0.1) is 19.4 Å². The fourth-order valence-electron chi connectivity index (χ4n) is 3.15. The van der Waals surface area contributed by atoms with Crippen LogP contribution >= 0.6 is 11.3 Å². The molecule has 1 atom stereocenters. The molecule has 1 amide bonds. The molecule has 1 fully saturated rings. The minimum absolute atomic E-state index is 0.0227. The molecule has 0 saturated carbocycles. The van der Waals surface area contributed by atoms with Crippen molar-refractivity contribution in [1.82, 2.24) is 4.98 Å².